The number of nitrogen functional groups attached to an aromatic ring is 1. The van der Waals surface area contributed by atoms with Gasteiger partial charge in [0.25, 0.3) is 0 Å². The van der Waals surface area contributed by atoms with E-state index < -0.39 is 5.97 Å². The van der Waals surface area contributed by atoms with Gasteiger partial charge in [-0.2, -0.15) is 0 Å². The number of rotatable bonds is 1. The van der Waals surface area contributed by atoms with Crippen LogP contribution in [0.5, 0.6) is 5.75 Å². The van der Waals surface area contributed by atoms with Crippen LogP contribution in [-0.2, 0) is 0 Å². The van der Waals surface area contributed by atoms with E-state index in [1.54, 1.807) is 0 Å². The molecule has 1 aromatic carbocycles. The molecule has 0 aromatic heterocycles. The van der Waals surface area contributed by atoms with Gasteiger partial charge < -0.3 is 15.9 Å². The Hall–Kier alpha value is -1.11. The summed E-state index contributed by atoms with van der Waals surface area (Å²) in [5, 5.41) is 17.4. The Bertz CT molecular complexity index is 301. The van der Waals surface area contributed by atoms with E-state index in [1.807, 2.05) is 0 Å². The van der Waals surface area contributed by atoms with Crippen molar-refractivity contribution in [1.29, 1.82) is 0 Å². The van der Waals surface area contributed by atoms with Gasteiger partial charge in [-0.25, -0.2) is 4.79 Å². The number of anilines is 1. The molecule has 0 fully saturated rings. The minimum absolute atomic E-state index is 0. The summed E-state index contributed by atoms with van der Waals surface area (Å²) in [6.07, 6.45) is 0. The van der Waals surface area contributed by atoms with E-state index >= 15 is 0 Å². The fourth-order valence-corrected chi connectivity index (χ4v) is 0.725. The summed E-state index contributed by atoms with van der Waals surface area (Å²) < 4.78 is 0. The Balaban J connectivity index is 0.00000121. The summed E-state index contributed by atoms with van der Waals surface area (Å²) in [7, 11) is 0. The molecule has 4 N–H and O–H groups in total. The van der Waals surface area contributed by atoms with Crippen LogP contribution in [0.2, 0.25) is 0 Å². The zero-order valence-corrected chi connectivity index (χ0v) is 5.61. The van der Waals surface area contributed by atoms with Crippen molar-refractivity contribution in [2.45, 2.75) is 0 Å². The average molecular weight is 161 g/mol. The molecule has 0 heterocycles. The molecule has 5 heteroatoms. The van der Waals surface area contributed by atoms with Gasteiger partial charge in [0.1, 0.15) is 11.3 Å². The Labute approximate surface area is 81.2 Å². The van der Waals surface area contributed by atoms with Gasteiger partial charge in [-0.1, -0.05) is 0 Å². The minimum atomic E-state index is -1.19. The molecule has 0 saturated heterocycles. The average Bonchev–Trinajstić information content (AvgIpc) is 1.94. The van der Waals surface area contributed by atoms with Crippen LogP contribution in [0.4, 0.5) is 5.69 Å². The van der Waals surface area contributed by atoms with Crippen molar-refractivity contribution in [2.75, 3.05) is 5.73 Å². The van der Waals surface area contributed by atoms with Crippen LogP contribution >= 0.6 is 0 Å². The van der Waals surface area contributed by atoms with Gasteiger partial charge in [-0.15, -0.1) is 0 Å². The first kappa shape index (κ1) is 10.9. The molecule has 0 bridgehead atoms. The zero-order chi connectivity index (χ0) is 8.43. The van der Waals surface area contributed by atoms with Crippen molar-refractivity contribution in [2.24, 2.45) is 0 Å². The number of carbonyl (C=O) groups is 1. The normalized spacial score (nSPS) is 8.67. The van der Waals surface area contributed by atoms with Crippen molar-refractivity contribution in [3.63, 3.8) is 0 Å². The maximum absolute atomic E-state index is 10.4. The van der Waals surface area contributed by atoms with Crippen LogP contribution in [-0.4, -0.2) is 35.0 Å². The summed E-state index contributed by atoms with van der Waals surface area (Å²) >= 11 is 0. The second-order valence-electron chi connectivity index (χ2n) is 2.08. The molecular formula is C7H8LiNO3. The van der Waals surface area contributed by atoms with Gasteiger partial charge in [0.15, 0.2) is 0 Å². The molecule has 4 nitrogen and oxygen atoms in total. The van der Waals surface area contributed by atoms with E-state index in [0.29, 0.717) is 5.69 Å². The van der Waals surface area contributed by atoms with Crippen LogP contribution < -0.4 is 5.73 Å². The third-order valence-electron chi connectivity index (χ3n) is 1.25. The number of nitrogens with two attached hydrogens (primary N) is 1. The molecule has 1 rings (SSSR count). The van der Waals surface area contributed by atoms with Gasteiger partial charge in [0.05, 0.1) is 0 Å². The number of benzene rings is 1. The van der Waals surface area contributed by atoms with Crippen molar-refractivity contribution in [1.82, 2.24) is 0 Å². The van der Waals surface area contributed by atoms with E-state index in [1.165, 1.54) is 18.2 Å². The summed E-state index contributed by atoms with van der Waals surface area (Å²) in [5.41, 5.74) is 5.43. The molecule has 60 valence electrons. The SMILES string of the molecule is Nc1ccc(O)c(C(=O)O)c1.[LiH]. The maximum atomic E-state index is 10.4. The van der Waals surface area contributed by atoms with Crippen molar-refractivity contribution >= 4 is 30.5 Å². The molecule has 0 saturated carbocycles. The number of aromatic hydroxyl groups is 1. The van der Waals surface area contributed by atoms with Crippen LogP contribution in [0.25, 0.3) is 0 Å². The molecule has 1 aromatic rings. The predicted octanol–water partition coefficient (Wildman–Crippen LogP) is 0.0241. The number of carboxylic acid groups (broad SMARTS) is 1. The van der Waals surface area contributed by atoms with E-state index in [9.17, 15) is 4.79 Å². The van der Waals surface area contributed by atoms with Crippen LogP contribution in [0.3, 0.4) is 0 Å². The van der Waals surface area contributed by atoms with Crippen molar-refractivity contribution in [3.8, 4) is 5.75 Å². The Morgan fingerprint density at radius 1 is 1.42 bits per heavy atom. The molecule has 0 aliphatic carbocycles. The molecule has 0 amide bonds. The van der Waals surface area contributed by atoms with E-state index in [-0.39, 0.29) is 30.2 Å². The molecular weight excluding hydrogens is 153 g/mol. The molecule has 0 unspecified atom stereocenters. The fraction of sp³-hybridized carbons (Fsp3) is 0. The zero-order valence-electron chi connectivity index (χ0n) is 5.61. The number of phenols is 1. The van der Waals surface area contributed by atoms with Crippen LogP contribution in [0, 0.1) is 0 Å². The van der Waals surface area contributed by atoms with Gasteiger partial charge in [-0.3, -0.25) is 0 Å². The number of hydrogen-bond acceptors (Lipinski definition) is 3. The van der Waals surface area contributed by atoms with E-state index in [4.69, 9.17) is 15.9 Å². The van der Waals surface area contributed by atoms with Gasteiger partial charge >= 0.3 is 24.8 Å². The molecule has 0 aliphatic heterocycles. The van der Waals surface area contributed by atoms with Crippen molar-refractivity contribution < 1.29 is 15.0 Å². The van der Waals surface area contributed by atoms with Gasteiger partial charge in [-0.05, 0) is 18.2 Å². The number of hydrogen-bond donors (Lipinski definition) is 3. The standard InChI is InChI=1S/C7H7NO3.Li.H/c8-4-1-2-6(9)5(3-4)7(10)11;;/h1-3,9H,8H2,(H,10,11);;. The monoisotopic (exact) mass is 161 g/mol. The molecule has 0 radical (unpaired) electrons. The molecule has 0 aliphatic rings. The Morgan fingerprint density at radius 3 is 2.42 bits per heavy atom. The number of carboxylic acids is 1. The summed E-state index contributed by atoms with van der Waals surface area (Å²) in [6, 6.07) is 3.89. The van der Waals surface area contributed by atoms with Crippen molar-refractivity contribution in [3.05, 3.63) is 23.8 Å². The van der Waals surface area contributed by atoms with E-state index in [0.717, 1.165) is 0 Å². The molecule has 12 heavy (non-hydrogen) atoms. The third kappa shape index (κ3) is 2.19. The summed E-state index contributed by atoms with van der Waals surface area (Å²) in [5.74, 6) is -1.46. The van der Waals surface area contributed by atoms with Crippen LogP contribution in [0.1, 0.15) is 10.4 Å². The fourth-order valence-electron chi connectivity index (χ4n) is 0.725. The van der Waals surface area contributed by atoms with Gasteiger partial charge in [0.2, 0.25) is 0 Å². The Morgan fingerprint density at radius 2 is 2.00 bits per heavy atom. The second kappa shape index (κ2) is 4.05. The van der Waals surface area contributed by atoms with E-state index in [2.05, 4.69) is 0 Å². The molecule has 0 atom stereocenters. The molecule has 0 spiro atoms. The summed E-state index contributed by atoms with van der Waals surface area (Å²) in [6.45, 7) is 0. The third-order valence-corrected chi connectivity index (χ3v) is 1.25. The number of aromatic carboxylic acids is 1. The Kier molecular flexibility index (Phi) is 3.67. The second-order valence-corrected chi connectivity index (χ2v) is 2.08. The predicted molar refractivity (Wildman–Crippen MR) is 46.6 cm³/mol. The first-order chi connectivity index (χ1) is 5.11. The topological polar surface area (TPSA) is 83.5 Å². The van der Waals surface area contributed by atoms with Gasteiger partial charge in [0, 0.05) is 5.69 Å². The van der Waals surface area contributed by atoms with Crippen LogP contribution in [0.15, 0.2) is 18.2 Å². The first-order valence-electron chi connectivity index (χ1n) is 2.93. The summed E-state index contributed by atoms with van der Waals surface area (Å²) in [4.78, 5) is 10.4. The first-order valence-corrected chi connectivity index (χ1v) is 2.93. The quantitative estimate of drug-likeness (QED) is 0.308.